The number of fused-ring (bicyclic) bond motifs is 1. The molecule has 1 aromatic rings. The van der Waals surface area contributed by atoms with Crippen molar-refractivity contribution < 1.29 is 14.3 Å². The molecule has 1 amide bonds. The average Bonchev–Trinajstić information content (AvgIpc) is 3.16. The molecule has 4 rings (SSSR count). The van der Waals surface area contributed by atoms with E-state index in [1.165, 1.54) is 5.56 Å². The van der Waals surface area contributed by atoms with Gasteiger partial charge in [0.05, 0.1) is 0 Å². The van der Waals surface area contributed by atoms with Gasteiger partial charge >= 0.3 is 0 Å². The number of nitrogens with one attached hydrogen (secondary N) is 3. The molecular formula is C16H23N5O3. The summed E-state index contributed by atoms with van der Waals surface area (Å²) in [7, 11) is 0. The number of hydrazine groups is 2. The molecule has 8 nitrogen and oxygen atoms in total. The molecule has 3 aliphatic heterocycles. The Morgan fingerprint density at radius 3 is 2.67 bits per heavy atom. The molecule has 0 radical (unpaired) electrons. The molecule has 0 bridgehead atoms. The number of amides is 1. The molecular weight excluding hydrogens is 310 g/mol. The van der Waals surface area contributed by atoms with E-state index in [1.807, 2.05) is 11.0 Å². The summed E-state index contributed by atoms with van der Waals surface area (Å²) in [4.78, 5) is 16.7. The van der Waals surface area contributed by atoms with Crippen molar-refractivity contribution >= 4 is 5.91 Å². The molecule has 3 heterocycles. The van der Waals surface area contributed by atoms with Crippen molar-refractivity contribution in [3.05, 3.63) is 23.8 Å². The summed E-state index contributed by atoms with van der Waals surface area (Å²) >= 11 is 0. The van der Waals surface area contributed by atoms with E-state index in [0.29, 0.717) is 19.8 Å². The number of carbonyl (C=O) groups excluding carboxylic acids is 1. The van der Waals surface area contributed by atoms with E-state index in [1.54, 1.807) is 0 Å². The van der Waals surface area contributed by atoms with Crippen molar-refractivity contribution in [2.24, 2.45) is 0 Å². The standard InChI is InChI=1S/C16H23N5O3/c22-16(13-10-17-19-18-13)21-5-3-20(4-6-21)11-12-1-2-14-15(9-12)24-8-7-23-14/h1-2,9,13,17-19H,3-8,10-11H2. The molecule has 0 saturated carbocycles. The summed E-state index contributed by atoms with van der Waals surface area (Å²) in [6.07, 6.45) is 0. The molecule has 0 spiro atoms. The Hall–Kier alpha value is -1.87. The fourth-order valence-corrected chi connectivity index (χ4v) is 3.28. The monoisotopic (exact) mass is 333 g/mol. The number of carbonyl (C=O) groups is 1. The third-order valence-corrected chi connectivity index (χ3v) is 4.64. The minimum atomic E-state index is -0.172. The van der Waals surface area contributed by atoms with Gasteiger partial charge in [0.15, 0.2) is 11.5 Å². The van der Waals surface area contributed by atoms with Gasteiger partial charge in [-0.3, -0.25) is 9.69 Å². The van der Waals surface area contributed by atoms with E-state index in [4.69, 9.17) is 9.47 Å². The Morgan fingerprint density at radius 2 is 1.92 bits per heavy atom. The van der Waals surface area contributed by atoms with Crippen molar-refractivity contribution in [1.82, 2.24) is 26.2 Å². The predicted molar refractivity (Wildman–Crippen MR) is 87.4 cm³/mol. The molecule has 130 valence electrons. The third kappa shape index (κ3) is 3.32. The van der Waals surface area contributed by atoms with Gasteiger partial charge in [-0.2, -0.15) is 5.53 Å². The Balaban J connectivity index is 1.30. The largest absolute Gasteiger partial charge is 0.486 e. The van der Waals surface area contributed by atoms with Crippen LogP contribution in [0.25, 0.3) is 0 Å². The highest BCUT2D eigenvalue weighted by Gasteiger charge is 2.29. The van der Waals surface area contributed by atoms with Gasteiger partial charge in [0.25, 0.3) is 0 Å². The highest BCUT2D eigenvalue weighted by molar-refractivity contribution is 5.82. The Labute approximate surface area is 141 Å². The lowest BCUT2D eigenvalue weighted by atomic mass is 10.1. The van der Waals surface area contributed by atoms with E-state index in [0.717, 1.165) is 44.2 Å². The first-order chi connectivity index (χ1) is 11.8. The second kappa shape index (κ2) is 6.94. The van der Waals surface area contributed by atoms with Crippen LogP contribution in [0.3, 0.4) is 0 Å². The summed E-state index contributed by atoms with van der Waals surface area (Å²) in [5.74, 6) is 1.82. The third-order valence-electron chi connectivity index (χ3n) is 4.64. The predicted octanol–water partition coefficient (Wildman–Crippen LogP) is -0.917. The van der Waals surface area contributed by atoms with Gasteiger partial charge in [-0.15, -0.1) is 0 Å². The zero-order valence-corrected chi connectivity index (χ0v) is 13.6. The molecule has 2 saturated heterocycles. The zero-order chi connectivity index (χ0) is 16.4. The van der Waals surface area contributed by atoms with Crippen LogP contribution in [0, 0.1) is 0 Å². The molecule has 0 aliphatic carbocycles. The molecule has 8 heteroatoms. The molecule has 0 aromatic heterocycles. The van der Waals surface area contributed by atoms with Crippen molar-refractivity contribution in [2.45, 2.75) is 12.6 Å². The Morgan fingerprint density at radius 1 is 1.12 bits per heavy atom. The van der Waals surface area contributed by atoms with Crippen molar-refractivity contribution in [3.8, 4) is 11.5 Å². The maximum absolute atomic E-state index is 12.4. The fourth-order valence-electron chi connectivity index (χ4n) is 3.28. The van der Waals surface area contributed by atoms with Gasteiger partial charge in [0.1, 0.15) is 19.3 Å². The Kier molecular flexibility index (Phi) is 4.52. The van der Waals surface area contributed by atoms with E-state index >= 15 is 0 Å². The summed E-state index contributed by atoms with van der Waals surface area (Å²) in [6, 6.07) is 5.96. The van der Waals surface area contributed by atoms with E-state index in [2.05, 4.69) is 33.4 Å². The van der Waals surface area contributed by atoms with Crippen LogP contribution in [0.2, 0.25) is 0 Å². The first-order valence-electron chi connectivity index (χ1n) is 8.43. The van der Waals surface area contributed by atoms with E-state index < -0.39 is 0 Å². The number of benzene rings is 1. The second-order valence-corrected chi connectivity index (χ2v) is 6.28. The van der Waals surface area contributed by atoms with Crippen LogP contribution >= 0.6 is 0 Å². The summed E-state index contributed by atoms with van der Waals surface area (Å²) in [6.45, 7) is 6.00. The number of piperazine rings is 1. The minimum Gasteiger partial charge on any atom is -0.486 e. The lowest BCUT2D eigenvalue weighted by Gasteiger charge is -2.35. The highest BCUT2D eigenvalue weighted by atomic mass is 16.6. The van der Waals surface area contributed by atoms with Gasteiger partial charge in [-0.25, -0.2) is 10.9 Å². The minimum absolute atomic E-state index is 0.159. The van der Waals surface area contributed by atoms with Gasteiger partial charge in [0, 0.05) is 39.3 Å². The summed E-state index contributed by atoms with van der Waals surface area (Å²) < 4.78 is 11.2. The van der Waals surface area contributed by atoms with Crippen LogP contribution in [0.5, 0.6) is 11.5 Å². The normalized spacial score (nSPS) is 24.2. The fraction of sp³-hybridized carbons (Fsp3) is 0.562. The maximum Gasteiger partial charge on any atom is 0.242 e. The van der Waals surface area contributed by atoms with Gasteiger partial charge in [0.2, 0.25) is 5.91 Å². The molecule has 2 fully saturated rings. The van der Waals surface area contributed by atoms with Crippen LogP contribution in [-0.4, -0.2) is 67.7 Å². The van der Waals surface area contributed by atoms with Crippen LogP contribution in [0.15, 0.2) is 18.2 Å². The number of nitrogens with zero attached hydrogens (tertiary/aromatic N) is 2. The number of hydrogen-bond acceptors (Lipinski definition) is 7. The van der Waals surface area contributed by atoms with E-state index in [9.17, 15) is 4.79 Å². The van der Waals surface area contributed by atoms with E-state index in [-0.39, 0.29) is 11.9 Å². The van der Waals surface area contributed by atoms with Crippen LogP contribution in [0.4, 0.5) is 0 Å². The van der Waals surface area contributed by atoms with Crippen molar-refractivity contribution in [3.63, 3.8) is 0 Å². The van der Waals surface area contributed by atoms with Crippen molar-refractivity contribution in [1.29, 1.82) is 0 Å². The van der Waals surface area contributed by atoms with Gasteiger partial charge in [-0.05, 0) is 17.7 Å². The molecule has 3 aliphatic rings. The number of hydrogen-bond donors (Lipinski definition) is 3. The molecule has 24 heavy (non-hydrogen) atoms. The molecule has 1 unspecified atom stereocenters. The smallest absolute Gasteiger partial charge is 0.242 e. The van der Waals surface area contributed by atoms with Crippen LogP contribution < -0.4 is 25.9 Å². The lowest BCUT2D eigenvalue weighted by molar-refractivity contribution is -0.134. The maximum atomic E-state index is 12.4. The van der Waals surface area contributed by atoms with Crippen LogP contribution in [-0.2, 0) is 11.3 Å². The first-order valence-corrected chi connectivity index (χ1v) is 8.43. The second-order valence-electron chi connectivity index (χ2n) is 6.28. The average molecular weight is 333 g/mol. The van der Waals surface area contributed by atoms with Crippen molar-refractivity contribution in [2.75, 3.05) is 45.9 Å². The number of rotatable bonds is 3. The SMILES string of the molecule is O=C(C1CNNN1)N1CCN(Cc2ccc3c(c2)OCCO3)CC1. The quantitative estimate of drug-likeness (QED) is 0.660. The lowest BCUT2D eigenvalue weighted by Crippen LogP contribution is -2.54. The summed E-state index contributed by atoms with van der Waals surface area (Å²) in [5, 5.41) is 0. The Bertz CT molecular complexity index is 597. The van der Waals surface area contributed by atoms with Crippen LogP contribution in [0.1, 0.15) is 5.56 Å². The first kappa shape index (κ1) is 15.6. The van der Waals surface area contributed by atoms with Gasteiger partial charge < -0.3 is 14.4 Å². The number of ether oxygens (including phenoxy) is 2. The van der Waals surface area contributed by atoms with Gasteiger partial charge in [-0.1, -0.05) is 6.07 Å². The molecule has 1 aromatic carbocycles. The molecule has 3 N–H and O–H groups in total. The summed E-state index contributed by atoms with van der Waals surface area (Å²) in [5.41, 5.74) is 9.85. The topological polar surface area (TPSA) is 78.1 Å². The zero-order valence-electron chi connectivity index (χ0n) is 13.6. The molecule has 1 atom stereocenters. The highest BCUT2D eigenvalue weighted by Crippen LogP contribution is 2.31.